The molecule has 0 aliphatic carbocycles. The van der Waals surface area contributed by atoms with Crippen LogP contribution in [0.1, 0.15) is 16.1 Å². The Morgan fingerprint density at radius 1 is 1.09 bits per heavy atom. The molecule has 1 amide bonds. The summed E-state index contributed by atoms with van der Waals surface area (Å²) >= 11 is 0. The van der Waals surface area contributed by atoms with Gasteiger partial charge in [0, 0.05) is 16.5 Å². The van der Waals surface area contributed by atoms with Gasteiger partial charge in [-0.3, -0.25) is 4.79 Å². The molecule has 0 saturated heterocycles. The van der Waals surface area contributed by atoms with E-state index in [1.165, 1.54) is 6.26 Å². The van der Waals surface area contributed by atoms with Crippen molar-refractivity contribution in [1.29, 1.82) is 0 Å². The molecule has 0 aliphatic heterocycles. The molecular weight excluding hydrogens is 298 g/mol. The van der Waals surface area contributed by atoms with Crippen LogP contribution in [0.15, 0.2) is 68.3 Å². The molecular formula is C17H15NO3S. The van der Waals surface area contributed by atoms with Gasteiger partial charge in [-0.25, -0.2) is 4.21 Å². The third kappa shape index (κ3) is 2.80. The average molecular weight is 313 g/mol. The first-order valence-corrected chi connectivity index (χ1v) is 8.70. The Bertz CT molecular complexity index is 928. The second-order valence-electron chi connectivity index (χ2n) is 5.16. The van der Waals surface area contributed by atoms with E-state index in [0.29, 0.717) is 10.5 Å². The quantitative estimate of drug-likeness (QED) is 0.717. The highest BCUT2D eigenvalue weighted by atomic mass is 32.2. The molecule has 0 radical (unpaired) electrons. The molecule has 0 saturated carbocycles. The molecule has 112 valence electrons. The first-order valence-electron chi connectivity index (χ1n) is 6.77. The van der Waals surface area contributed by atoms with Crippen molar-refractivity contribution in [2.45, 2.75) is 11.8 Å². The van der Waals surface area contributed by atoms with Crippen LogP contribution in [0.25, 0.3) is 11.0 Å². The zero-order valence-electron chi connectivity index (χ0n) is 12.3. The van der Waals surface area contributed by atoms with Gasteiger partial charge in [0.1, 0.15) is 5.58 Å². The fourth-order valence-corrected chi connectivity index (χ4v) is 3.29. The van der Waals surface area contributed by atoms with Gasteiger partial charge in [-0.15, -0.1) is 0 Å². The van der Waals surface area contributed by atoms with Crippen LogP contribution in [0.5, 0.6) is 0 Å². The molecule has 5 heteroatoms. The minimum absolute atomic E-state index is 0.0999. The van der Waals surface area contributed by atoms with Crippen LogP contribution < -0.4 is 0 Å². The second kappa shape index (κ2) is 5.42. The monoisotopic (exact) mass is 313 g/mol. The van der Waals surface area contributed by atoms with Crippen molar-refractivity contribution in [2.75, 3.05) is 6.26 Å². The summed E-state index contributed by atoms with van der Waals surface area (Å²) in [4.78, 5) is 12.8. The Labute approximate surface area is 128 Å². The lowest BCUT2D eigenvalue weighted by Gasteiger charge is -2.03. The van der Waals surface area contributed by atoms with E-state index >= 15 is 0 Å². The SMILES string of the molecule is Cc1ccc(S(C)(=O)=NC(=O)c2cc3ccccc3o2)cc1. The van der Waals surface area contributed by atoms with Crippen LogP contribution in [-0.2, 0) is 9.73 Å². The molecule has 2 aromatic carbocycles. The summed E-state index contributed by atoms with van der Waals surface area (Å²) in [5, 5.41) is 0.819. The molecule has 0 spiro atoms. The van der Waals surface area contributed by atoms with Crippen LogP contribution >= 0.6 is 0 Å². The minimum Gasteiger partial charge on any atom is -0.451 e. The van der Waals surface area contributed by atoms with Gasteiger partial charge >= 0.3 is 5.91 Å². The molecule has 1 unspecified atom stereocenters. The zero-order chi connectivity index (χ0) is 15.7. The number of aryl methyl sites for hydroxylation is 1. The van der Waals surface area contributed by atoms with E-state index in [1.54, 1.807) is 24.3 Å². The molecule has 1 atom stereocenters. The Morgan fingerprint density at radius 3 is 2.45 bits per heavy atom. The van der Waals surface area contributed by atoms with E-state index in [9.17, 15) is 9.00 Å². The molecule has 22 heavy (non-hydrogen) atoms. The van der Waals surface area contributed by atoms with Crippen molar-refractivity contribution in [2.24, 2.45) is 4.36 Å². The van der Waals surface area contributed by atoms with Crippen LogP contribution in [0.3, 0.4) is 0 Å². The van der Waals surface area contributed by atoms with Crippen molar-refractivity contribution in [3.05, 3.63) is 65.9 Å². The van der Waals surface area contributed by atoms with Gasteiger partial charge in [0.15, 0.2) is 5.76 Å². The van der Waals surface area contributed by atoms with Crippen LogP contribution in [0.2, 0.25) is 0 Å². The van der Waals surface area contributed by atoms with E-state index < -0.39 is 15.6 Å². The lowest BCUT2D eigenvalue weighted by Crippen LogP contribution is -2.03. The first-order chi connectivity index (χ1) is 10.5. The standard InChI is InChI=1S/C17H15NO3S/c1-12-7-9-14(10-8-12)22(2,20)18-17(19)16-11-13-5-3-4-6-15(13)21-16/h3-11H,1-2H3. The van der Waals surface area contributed by atoms with Crippen molar-refractivity contribution in [3.8, 4) is 0 Å². The number of rotatable bonds is 2. The van der Waals surface area contributed by atoms with Gasteiger partial charge in [-0.1, -0.05) is 35.9 Å². The fraction of sp³-hybridized carbons (Fsp3) is 0.118. The highest BCUT2D eigenvalue weighted by Crippen LogP contribution is 2.21. The maximum absolute atomic E-state index is 12.7. The lowest BCUT2D eigenvalue weighted by molar-refractivity contribution is 0.0981. The summed E-state index contributed by atoms with van der Waals surface area (Å²) in [6, 6.07) is 16.1. The number of carbonyl (C=O) groups excluding carboxylic acids is 1. The number of furan rings is 1. The number of amides is 1. The molecule has 4 nitrogen and oxygen atoms in total. The van der Waals surface area contributed by atoms with E-state index in [0.717, 1.165) is 10.9 Å². The predicted octanol–water partition coefficient (Wildman–Crippen LogP) is 4.04. The van der Waals surface area contributed by atoms with E-state index in [1.807, 2.05) is 37.3 Å². The molecule has 0 fully saturated rings. The molecule has 1 aromatic heterocycles. The summed E-state index contributed by atoms with van der Waals surface area (Å²) in [5.74, 6) is -0.507. The number of nitrogens with zero attached hydrogens (tertiary/aromatic N) is 1. The summed E-state index contributed by atoms with van der Waals surface area (Å²) in [5.41, 5.74) is 1.67. The van der Waals surface area contributed by atoms with Crippen LogP contribution in [0.4, 0.5) is 0 Å². The van der Waals surface area contributed by atoms with Crippen molar-refractivity contribution in [1.82, 2.24) is 0 Å². The number of carbonyl (C=O) groups is 1. The highest BCUT2D eigenvalue weighted by Gasteiger charge is 2.15. The summed E-state index contributed by atoms with van der Waals surface area (Å²) in [6.45, 7) is 1.94. The summed E-state index contributed by atoms with van der Waals surface area (Å²) in [7, 11) is -2.80. The molecule has 0 bridgehead atoms. The van der Waals surface area contributed by atoms with Gasteiger partial charge in [-0.05, 0) is 31.2 Å². The Morgan fingerprint density at radius 2 is 1.77 bits per heavy atom. The molecule has 0 aliphatic rings. The Hall–Kier alpha value is -2.40. The topological polar surface area (TPSA) is 59.6 Å². The predicted molar refractivity (Wildman–Crippen MR) is 86.5 cm³/mol. The van der Waals surface area contributed by atoms with Gasteiger partial charge < -0.3 is 4.42 Å². The van der Waals surface area contributed by atoms with E-state index in [-0.39, 0.29) is 5.76 Å². The number of benzene rings is 2. The van der Waals surface area contributed by atoms with Crippen molar-refractivity contribution in [3.63, 3.8) is 0 Å². The number of hydrogen-bond donors (Lipinski definition) is 0. The number of hydrogen-bond acceptors (Lipinski definition) is 3. The lowest BCUT2D eigenvalue weighted by atomic mass is 10.2. The highest BCUT2D eigenvalue weighted by molar-refractivity contribution is 7.93. The third-order valence-electron chi connectivity index (χ3n) is 3.35. The van der Waals surface area contributed by atoms with Gasteiger partial charge in [-0.2, -0.15) is 4.36 Å². The summed E-state index contributed by atoms with van der Waals surface area (Å²) < 4.78 is 22.0. The smallest absolute Gasteiger partial charge is 0.321 e. The first kappa shape index (κ1) is 14.5. The van der Waals surface area contributed by atoms with Gasteiger partial charge in [0.2, 0.25) is 0 Å². The van der Waals surface area contributed by atoms with Gasteiger partial charge in [0.05, 0.1) is 9.73 Å². The van der Waals surface area contributed by atoms with Crippen molar-refractivity contribution >= 4 is 26.6 Å². The Balaban J connectivity index is 2.00. The molecule has 3 rings (SSSR count). The van der Waals surface area contributed by atoms with Gasteiger partial charge in [0.25, 0.3) is 0 Å². The maximum atomic E-state index is 12.7. The Kier molecular flexibility index (Phi) is 3.58. The number of fused-ring (bicyclic) bond motifs is 1. The largest absolute Gasteiger partial charge is 0.451 e. The molecule has 1 heterocycles. The van der Waals surface area contributed by atoms with Crippen LogP contribution in [0, 0.1) is 6.92 Å². The van der Waals surface area contributed by atoms with E-state index in [2.05, 4.69) is 4.36 Å². The molecule has 0 N–H and O–H groups in total. The normalized spacial score (nSPS) is 13.7. The average Bonchev–Trinajstić information content (AvgIpc) is 2.91. The van der Waals surface area contributed by atoms with Crippen molar-refractivity contribution < 1.29 is 13.4 Å². The maximum Gasteiger partial charge on any atom is 0.321 e. The zero-order valence-corrected chi connectivity index (χ0v) is 13.1. The van der Waals surface area contributed by atoms with E-state index in [4.69, 9.17) is 4.42 Å². The van der Waals surface area contributed by atoms with Crippen LogP contribution in [-0.4, -0.2) is 16.4 Å². The second-order valence-corrected chi connectivity index (χ2v) is 7.42. The minimum atomic E-state index is -2.80. The molecule has 3 aromatic rings. The fourth-order valence-electron chi connectivity index (χ4n) is 2.13. The summed E-state index contributed by atoms with van der Waals surface area (Å²) in [6.07, 6.45) is 1.46. The third-order valence-corrected chi connectivity index (χ3v) is 5.01. The number of para-hydroxylation sites is 1.